The molecule has 5 heteroatoms. The van der Waals surface area contributed by atoms with E-state index in [1.165, 1.54) is 0 Å². The van der Waals surface area contributed by atoms with Crippen molar-refractivity contribution < 1.29 is 4.42 Å². The number of hydrogen-bond acceptors (Lipinski definition) is 3. The SMILES string of the molecule is Cc1oc(C)c(-c2n[nH]c(=S)n2C(C)(C)C)c1C. The van der Waals surface area contributed by atoms with Crippen LogP contribution in [0.2, 0.25) is 0 Å². The summed E-state index contributed by atoms with van der Waals surface area (Å²) in [6, 6.07) is 0. The number of H-pyrrole nitrogens is 1. The van der Waals surface area contributed by atoms with Crippen LogP contribution in [0.4, 0.5) is 0 Å². The Morgan fingerprint density at radius 3 is 2.22 bits per heavy atom. The second-order valence-corrected chi connectivity index (χ2v) is 5.96. The van der Waals surface area contributed by atoms with E-state index < -0.39 is 0 Å². The summed E-state index contributed by atoms with van der Waals surface area (Å²) in [5, 5.41) is 7.25. The molecule has 1 N–H and O–H groups in total. The van der Waals surface area contributed by atoms with Crippen LogP contribution in [0, 0.1) is 25.5 Å². The van der Waals surface area contributed by atoms with Gasteiger partial charge in [-0.2, -0.15) is 5.10 Å². The highest BCUT2D eigenvalue weighted by Crippen LogP contribution is 2.32. The minimum atomic E-state index is -0.122. The Morgan fingerprint density at radius 2 is 1.78 bits per heavy atom. The number of hydrogen-bond donors (Lipinski definition) is 1. The molecule has 0 aromatic carbocycles. The van der Waals surface area contributed by atoms with Gasteiger partial charge in [0.2, 0.25) is 0 Å². The van der Waals surface area contributed by atoms with Gasteiger partial charge in [-0.3, -0.25) is 9.67 Å². The fraction of sp³-hybridized carbons (Fsp3) is 0.538. The third-order valence-electron chi connectivity index (χ3n) is 3.13. The van der Waals surface area contributed by atoms with Gasteiger partial charge in [0.25, 0.3) is 0 Å². The normalized spacial score (nSPS) is 12.1. The lowest BCUT2D eigenvalue weighted by atomic mass is 10.1. The van der Waals surface area contributed by atoms with Gasteiger partial charge in [0.15, 0.2) is 10.6 Å². The van der Waals surface area contributed by atoms with Crippen LogP contribution in [0.5, 0.6) is 0 Å². The predicted molar refractivity (Wildman–Crippen MR) is 74.3 cm³/mol. The molecule has 18 heavy (non-hydrogen) atoms. The molecule has 0 aliphatic heterocycles. The summed E-state index contributed by atoms with van der Waals surface area (Å²) in [5.74, 6) is 2.65. The Hall–Kier alpha value is -1.36. The highest BCUT2D eigenvalue weighted by molar-refractivity contribution is 7.71. The first kappa shape index (κ1) is 13.1. The summed E-state index contributed by atoms with van der Waals surface area (Å²) in [4.78, 5) is 0. The first-order valence-electron chi connectivity index (χ1n) is 5.98. The van der Waals surface area contributed by atoms with E-state index in [0.717, 1.165) is 28.5 Å². The third kappa shape index (κ3) is 1.92. The average Bonchev–Trinajstić information content (AvgIpc) is 2.69. The molecule has 0 aliphatic rings. The molecule has 0 unspecified atom stereocenters. The van der Waals surface area contributed by atoms with Crippen molar-refractivity contribution in [3.63, 3.8) is 0 Å². The molecule has 0 aliphatic carbocycles. The monoisotopic (exact) mass is 265 g/mol. The van der Waals surface area contributed by atoms with Crippen LogP contribution in [0.25, 0.3) is 11.4 Å². The van der Waals surface area contributed by atoms with Crippen LogP contribution in [0.1, 0.15) is 37.9 Å². The van der Waals surface area contributed by atoms with E-state index in [0.29, 0.717) is 4.77 Å². The van der Waals surface area contributed by atoms with Gasteiger partial charge < -0.3 is 4.42 Å². The van der Waals surface area contributed by atoms with Crippen molar-refractivity contribution in [1.29, 1.82) is 0 Å². The maximum absolute atomic E-state index is 5.68. The number of nitrogens with zero attached hydrogens (tertiary/aromatic N) is 2. The van der Waals surface area contributed by atoms with Gasteiger partial charge in [0.05, 0.1) is 5.56 Å². The molecule has 0 radical (unpaired) electrons. The van der Waals surface area contributed by atoms with Crippen LogP contribution in [0.3, 0.4) is 0 Å². The number of aryl methyl sites for hydroxylation is 2. The molecule has 2 heterocycles. The van der Waals surface area contributed by atoms with Crippen molar-refractivity contribution >= 4 is 12.2 Å². The minimum absolute atomic E-state index is 0.122. The molecule has 0 fully saturated rings. The highest BCUT2D eigenvalue weighted by atomic mass is 32.1. The van der Waals surface area contributed by atoms with Gasteiger partial charge >= 0.3 is 0 Å². The van der Waals surface area contributed by atoms with Crippen molar-refractivity contribution in [2.75, 3.05) is 0 Å². The van der Waals surface area contributed by atoms with E-state index in [2.05, 4.69) is 31.0 Å². The Labute approximate surface area is 112 Å². The zero-order valence-corrected chi connectivity index (χ0v) is 12.5. The lowest BCUT2D eigenvalue weighted by Gasteiger charge is -2.22. The number of rotatable bonds is 1. The van der Waals surface area contributed by atoms with Crippen LogP contribution in [-0.2, 0) is 5.54 Å². The fourth-order valence-electron chi connectivity index (χ4n) is 2.21. The van der Waals surface area contributed by atoms with Gasteiger partial charge in [0, 0.05) is 11.1 Å². The molecule has 4 nitrogen and oxygen atoms in total. The summed E-state index contributed by atoms with van der Waals surface area (Å²) < 4.78 is 8.34. The number of aromatic nitrogens is 3. The molecule has 2 aromatic rings. The molecule has 0 atom stereocenters. The molecule has 0 spiro atoms. The molecule has 0 bridgehead atoms. The molecule has 98 valence electrons. The summed E-state index contributed by atoms with van der Waals surface area (Å²) in [5.41, 5.74) is 2.03. The molecule has 2 rings (SSSR count). The van der Waals surface area contributed by atoms with E-state index in [1.54, 1.807) is 0 Å². The van der Waals surface area contributed by atoms with Crippen molar-refractivity contribution in [2.24, 2.45) is 0 Å². The second-order valence-electron chi connectivity index (χ2n) is 5.57. The van der Waals surface area contributed by atoms with Gasteiger partial charge in [-0.25, -0.2) is 0 Å². The summed E-state index contributed by atoms with van der Waals surface area (Å²) >= 11 is 5.33. The smallest absolute Gasteiger partial charge is 0.195 e. The third-order valence-corrected chi connectivity index (χ3v) is 3.40. The number of aromatic amines is 1. The van der Waals surface area contributed by atoms with E-state index in [9.17, 15) is 0 Å². The van der Waals surface area contributed by atoms with Crippen molar-refractivity contribution in [3.05, 3.63) is 21.9 Å². The van der Waals surface area contributed by atoms with E-state index in [1.807, 2.05) is 25.3 Å². The molecular weight excluding hydrogens is 246 g/mol. The second kappa shape index (κ2) is 4.09. The fourth-order valence-corrected chi connectivity index (χ4v) is 2.62. The van der Waals surface area contributed by atoms with Crippen LogP contribution < -0.4 is 0 Å². The van der Waals surface area contributed by atoms with E-state index in [4.69, 9.17) is 16.6 Å². The van der Waals surface area contributed by atoms with Crippen molar-refractivity contribution in [3.8, 4) is 11.4 Å². The molecule has 0 saturated carbocycles. The van der Waals surface area contributed by atoms with E-state index >= 15 is 0 Å². The minimum Gasteiger partial charge on any atom is -0.466 e. The topological polar surface area (TPSA) is 46.8 Å². The first-order chi connectivity index (χ1) is 8.23. The quantitative estimate of drug-likeness (QED) is 0.796. The zero-order chi connectivity index (χ0) is 13.7. The van der Waals surface area contributed by atoms with Gasteiger partial charge in [-0.05, 0) is 53.8 Å². The lowest BCUT2D eigenvalue weighted by Crippen LogP contribution is -2.23. The van der Waals surface area contributed by atoms with Gasteiger partial charge in [-0.1, -0.05) is 0 Å². The van der Waals surface area contributed by atoms with E-state index in [-0.39, 0.29) is 5.54 Å². The molecule has 2 aromatic heterocycles. The first-order valence-corrected chi connectivity index (χ1v) is 6.39. The van der Waals surface area contributed by atoms with Crippen LogP contribution in [0.15, 0.2) is 4.42 Å². The zero-order valence-electron chi connectivity index (χ0n) is 11.7. The lowest BCUT2D eigenvalue weighted by molar-refractivity contribution is 0.395. The predicted octanol–water partition coefficient (Wildman–Crippen LogP) is 3.88. The Morgan fingerprint density at radius 1 is 1.17 bits per heavy atom. The Bertz CT molecular complexity index is 640. The van der Waals surface area contributed by atoms with Crippen molar-refractivity contribution in [2.45, 2.75) is 47.1 Å². The highest BCUT2D eigenvalue weighted by Gasteiger charge is 2.24. The molecule has 0 amide bonds. The summed E-state index contributed by atoms with van der Waals surface area (Å²) in [6.07, 6.45) is 0. The molecule has 0 saturated heterocycles. The largest absolute Gasteiger partial charge is 0.466 e. The maximum atomic E-state index is 5.68. The molecular formula is C13H19N3OS. The van der Waals surface area contributed by atoms with Gasteiger partial charge in [0.1, 0.15) is 11.5 Å². The average molecular weight is 265 g/mol. The van der Waals surface area contributed by atoms with Crippen LogP contribution >= 0.6 is 12.2 Å². The Balaban J connectivity index is 2.77. The van der Waals surface area contributed by atoms with Gasteiger partial charge in [-0.15, -0.1) is 0 Å². The maximum Gasteiger partial charge on any atom is 0.195 e. The number of furan rings is 1. The Kier molecular flexibility index (Phi) is 2.97. The standard InChI is InChI=1S/C13H19N3OS/c1-7-8(2)17-9(3)10(7)11-14-15-12(18)16(11)13(4,5)6/h1-6H3,(H,15,18). The summed E-state index contributed by atoms with van der Waals surface area (Å²) in [7, 11) is 0. The number of nitrogens with one attached hydrogen (secondary N) is 1. The van der Waals surface area contributed by atoms with Crippen molar-refractivity contribution in [1.82, 2.24) is 14.8 Å². The van der Waals surface area contributed by atoms with Crippen LogP contribution in [-0.4, -0.2) is 14.8 Å². The summed E-state index contributed by atoms with van der Waals surface area (Å²) in [6.45, 7) is 12.3.